The van der Waals surface area contributed by atoms with Crippen LogP contribution in [0.15, 0.2) is 23.4 Å². The summed E-state index contributed by atoms with van der Waals surface area (Å²) in [5, 5.41) is 14.9. The lowest BCUT2D eigenvalue weighted by Crippen LogP contribution is -2.28. The lowest BCUT2D eigenvalue weighted by Gasteiger charge is -2.20. The molecular weight excluding hydrogens is 310 g/mol. The number of carbonyl (C=O) groups excluding carboxylic acids is 1. The van der Waals surface area contributed by atoms with Crippen LogP contribution in [-0.2, 0) is 24.7 Å². The average Bonchev–Trinajstić information content (AvgIpc) is 2.97. The number of hydrogen-bond acceptors (Lipinski definition) is 5. The molecular formula is C16H21N5OS. The van der Waals surface area contributed by atoms with Crippen LogP contribution in [0.2, 0.25) is 0 Å². The van der Waals surface area contributed by atoms with Crippen LogP contribution in [0.3, 0.4) is 0 Å². The summed E-state index contributed by atoms with van der Waals surface area (Å²) in [4.78, 5) is 12.1. The van der Waals surface area contributed by atoms with Crippen LogP contribution in [0.4, 0.5) is 0 Å². The Morgan fingerprint density at radius 3 is 2.87 bits per heavy atom. The smallest absolute Gasteiger partial charge is 0.230 e. The fraction of sp³-hybridized carbons (Fsp3) is 0.500. The average molecular weight is 331 g/mol. The predicted octanol–water partition coefficient (Wildman–Crippen LogP) is 2.06. The van der Waals surface area contributed by atoms with Gasteiger partial charge >= 0.3 is 0 Å². The van der Waals surface area contributed by atoms with Crippen molar-refractivity contribution in [2.75, 3.05) is 5.75 Å². The molecule has 1 amide bonds. The van der Waals surface area contributed by atoms with E-state index in [-0.39, 0.29) is 11.9 Å². The number of carbonyl (C=O) groups is 1. The maximum absolute atomic E-state index is 12.1. The van der Waals surface area contributed by atoms with Gasteiger partial charge in [0.1, 0.15) is 0 Å². The van der Waals surface area contributed by atoms with Crippen molar-refractivity contribution in [3.63, 3.8) is 0 Å². The van der Waals surface area contributed by atoms with E-state index in [4.69, 9.17) is 0 Å². The van der Waals surface area contributed by atoms with E-state index in [0.29, 0.717) is 10.9 Å². The number of tetrazole rings is 1. The number of thioether (sulfide) groups is 1. The van der Waals surface area contributed by atoms with Crippen LogP contribution in [0.5, 0.6) is 0 Å². The normalized spacial score (nSPS) is 15.0. The van der Waals surface area contributed by atoms with E-state index in [1.807, 2.05) is 6.92 Å². The third-order valence-electron chi connectivity index (χ3n) is 4.16. The number of fused-ring (bicyclic) bond motifs is 1. The Morgan fingerprint density at radius 2 is 2.13 bits per heavy atom. The van der Waals surface area contributed by atoms with E-state index >= 15 is 0 Å². The molecule has 0 radical (unpaired) electrons. The Kier molecular flexibility index (Phi) is 4.95. The summed E-state index contributed by atoms with van der Waals surface area (Å²) in [6.45, 7) is 2.02. The monoisotopic (exact) mass is 331 g/mol. The molecule has 3 rings (SSSR count). The van der Waals surface area contributed by atoms with E-state index in [1.165, 1.54) is 47.7 Å². The van der Waals surface area contributed by atoms with Crippen LogP contribution in [0.25, 0.3) is 0 Å². The first-order valence-electron chi connectivity index (χ1n) is 7.89. The Hall–Kier alpha value is -1.89. The Morgan fingerprint density at radius 1 is 1.35 bits per heavy atom. The van der Waals surface area contributed by atoms with Crippen LogP contribution < -0.4 is 5.32 Å². The molecule has 1 atom stereocenters. The van der Waals surface area contributed by atoms with Crippen molar-refractivity contribution in [1.82, 2.24) is 25.5 Å². The molecule has 1 aromatic carbocycles. The second kappa shape index (κ2) is 7.12. The summed E-state index contributed by atoms with van der Waals surface area (Å²) < 4.78 is 1.56. The lowest BCUT2D eigenvalue weighted by atomic mass is 9.89. The molecule has 0 bridgehead atoms. The zero-order chi connectivity index (χ0) is 16.2. The van der Waals surface area contributed by atoms with E-state index in [9.17, 15) is 4.79 Å². The minimum Gasteiger partial charge on any atom is -0.349 e. The summed E-state index contributed by atoms with van der Waals surface area (Å²) >= 11 is 1.34. The van der Waals surface area contributed by atoms with Crippen LogP contribution >= 0.6 is 11.8 Å². The molecule has 23 heavy (non-hydrogen) atoms. The first kappa shape index (κ1) is 16.0. The molecule has 0 aliphatic heterocycles. The van der Waals surface area contributed by atoms with E-state index < -0.39 is 0 Å². The summed E-state index contributed by atoms with van der Waals surface area (Å²) in [7, 11) is 1.76. The SMILES string of the molecule is C[C@@H](NC(=O)CSc1nnnn1C)c1ccc2c(c1)CCCC2. The zero-order valence-electron chi connectivity index (χ0n) is 13.5. The fourth-order valence-corrected chi connectivity index (χ4v) is 3.52. The van der Waals surface area contributed by atoms with Crippen molar-refractivity contribution in [2.45, 2.75) is 43.8 Å². The predicted molar refractivity (Wildman–Crippen MR) is 89.2 cm³/mol. The number of benzene rings is 1. The van der Waals surface area contributed by atoms with Crippen molar-refractivity contribution in [1.29, 1.82) is 0 Å². The van der Waals surface area contributed by atoms with Gasteiger partial charge in [0.05, 0.1) is 11.8 Å². The van der Waals surface area contributed by atoms with Crippen molar-refractivity contribution < 1.29 is 4.79 Å². The molecule has 0 saturated carbocycles. The van der Waals surface area contributed by atoms with Gasteiger partial charge in [0.25, 0.3) is 0 Å². The van der Waals surface area contributed by atoms with Gasteiger partial charge in [0, 0.05) is 7.05 Å². The number of amides is 1. The van der Waals surface area contributed by atoms with Gasteiger partial charge in [-0.05, 0) is 59.7 Å². The van der Waals surface area contributed by atoms with E-state index in [1.54, 1.807) is 11.7 Å². The topological polar surface area (TPSA) is 72.7 Å². The highest BCUT2D eigenvalue weighted by Gasteiger charge is 2.15. The van der Waals surface area contributed by atoms with Crippen LogP contribution in [0.1, 0.15) is 42.5 Å². The van der Waals surface area contributed by atoms with Crippen molar-refractivity contribution >= 4 is 17.7 Å². The molecule has 0 spiro atoms. The number of aryl methyl sites for hydroxylation is 3. The molecule has 0 fully saturated rings. The molecule has 1 N–H and O–H groups in total. The maximum Gasteiger partial charge on any atom is 0.230 e. The van der Waals surface area contributed by atoms with Gasteiger partial charge in [-0.15, -0.1) is 5.10 Å². The van der Waals surface area contributed by atoms with Gasteiger partial charge in [-0.2, -0.15) is 0 Å². The standard InChI is InChI=1S/C16H21N5OS/c1-11(13-8-7-12-5-3-4-6-14(12)9-13)17-15(22)10-23-16-18-19-20-21(16)2/h7-9,11H,3-6,10H2,1-2H3,(H,17,22)/t11-/m1/s1. The summed E-state index contributed by atoms with van der Waals surface area (Å²) in [5.74, 6) is 0.298. The van der Waals surface area contributed by atoms with Gasteiger partial charge in [-0.3, -0.25) is 4.79 Å². The Bertz CT molecular complexity index is 700. The highest BCUT2D eigenvalue weighted by molar-refractivity contribution is 7.99. The second-order valence-electron chi connectivity index (χ2n) is 5.90. The molecule has 1 aliphatic rings. The number of nitrogens with zero attached hydrogens (tertiary/aromatic N) is 4. The number of aromatic nitrogens is 4. The Balaban J connectivity index is 1.57. The molecule has 2 aromatic rings. The van der Waals surface area contributed by atoms with Crippen LogP contribution in [-0.4, -0.2) is 31.9 Å². The number of nitrogens with one attached hydrogen (secondary N) is 1. The van der Waals surface area contributed by atoms with Crippen molar-refractivity contribution in [3.8, 4) is 0 Å². The molecule has 6 nitrogen and oxygen atoms in total. The molecule has 1 heterocycles. The molecule has 1 aromatic heterocycles. The van der Waals surface area contributed by atoms with Gasteiger partial charge in [0.2, 0.25) is 11.1 Å². The van der Waals surface area contributed by atoms with Gasteiger partial charge in [-0.25, -0.2) is 4.68 Å². The second-order valence-corrected chi connectivity index (χ2v) is 6.84. The van der Waals surface area contributed by atoms with Crippen molar-refractivity contribution in [3.05, 3.63) is 34.9 Å². The summed E-state index contributed by atoms with van der Waals surface area (Å²) in [6.07, 6.45) is 4.88. The molecule has 0 saturated heterocycles. The first-order chi connectivity index (χ1) is 11.1. The molecule has 1 aliphatic carbocycles. The Labute approximate surface area is 140 Å². The van der Waals surface area contributed by atoms with Gasteiger partial charge in [-0.1, -0.05) is 30.0 Å². The van der Waals surface area contributed by atoms with Crippen LogP contribution in [0, 0.1) is 0 Å². The van der Waals surface area contributed by atoms with Gasteiger partial charge < -0.3 is 5.32 Å². The highest BCUT2D eigenvalue weighted by atomic mass is 32.2. The zero-order valence-corrected chi connectivity index (χ0v) is 14.3. The molecule has 0 unspecified atom stereocenters. The quantitative estimate of drug-likeness (QED) is 0.849. The third kappa shape index (κ3) is 3.90. The van der Waals surface area contributed by atoms with Crippen molar-refractivity contribution in [2.24, 2.45) is 7.05 Å². The minimum absolute atomic E-state index is 0.00736. The first-order valence-corrected chi connectivity index (χ1v) is 8.88. The molecule has 7 heteroatoms. The number of rotatable bonds is 5. The fourth-order valence-electron chi connectivity index (χ4n) is 2.86. The third-order valence-corrected chi connectivity index (χ3v) is 5.17. The minimum atomic E-state index is -0.0109. The molecule has 122 valence electrons. The maximum atomic E-state index is 12.1. The van der Waals surface area contributed by atoms with E-state index in [0.717, 1.165) is 6.42 Å². The van der Waals surface area contributed by atoms with Gasteiger partial charge in [0.15, 0.2) is 0 Å². The lowest BCUT2D eigenvalue weighted by molar-refractivity contribution is -0.119. The largest absolute Gasteiger partial charge is 0.349 e. The summed E-state index contributed by atoms with van der Waals surface area (Å²) in [5.41, 5.74) is 4.07. The summed E-state index contributed by atoms with van der Waals surface area (Å²) in [6, 6.07) is 6.61. The number of hydrogen-bond donors (Lipinski definition) is 1. The van der Waals surface area contributed by atoms with E-state index in [2.05, 4.69) is 39.0 Å². The highest BCUT2D eigenvalue weighted by Crippen LogP contribution is 2.25.